The van der Waals surface area contributed by atoms with Crippen molar-refractivity contribution in [1.29, 1.82) is 0 Å². The SMILES string of the molecule is CC(C)N(CCC1(C(=O)Oc2cccc(N)c2)CCC1)C(C)C. The predicted octanol–water partition coefficient (Wildman–Crippen LogP) is 3.85. The number of nitrogen functional groups attached to an aromatic ring is 1. The Bertz CT molecular complexity index is 528. The maximum Gasteiger partial charge on any atom is 0.317 e. The molecule has 1 fully saturated rings. The van der Waals surface area contributed by atoms with Crippen LogP contribution in [-0.2, 0) is 4.79 Å². The van der Waals surface area contributed by atoms with E-state index in [2.05, 4.69) is 32.6 Å². The fraction of sp³-hybridized carbons (Fsp3) is 0.632. The van der Waals surface area contributed by atoms with E-state index < -0.39 is 0 Å². The van der Waals surface area contributed by atoms with Crippen LogP contribution in [0.4, 0.5) is 5.69 Å². The van der Waals surface area contributed by atoms with Crippen LogP contribution in [0.1, 0.15) is 53.4 Å². The van der Waals surface area contributed by atoms with Gasteiger partial charge in [-0.15, -0.1) is 0 Å². The molecule has 1 aliphatic carbocycles. The molecule has 0 aromatic heterocycles. The fourth-order valence-corrected chi connectivity index (χ4v) is 3.41. The summed E-state index contributed by atoms with van der Waals surface area (Å²) in [7, 11) is 0. The maximum atomic E-state index is 12.7. The van der Waals surface area contributed by atoms with Gasteiger partial charge in [0.1, 0.15) is 5.75 Å². The number of ether oxygens (including phenoxy) is 1. The van der Waals surface area contributed by atoms with Gasteiger partial charge in [-0.25, -0.2) is 0 Å². The number of anilines is 1. The van der Waals surface area contributed by atoms with Crippen molar-refractivity contribution in [3.63, 3.8) is 0 Å². The zero-order valence-corrected chi connectivity index (χ0v) is 14.8. The molecular formula is C19H30N2O2. The Balaban J connectivity index is 2.01. The van der Waals surface area contributed by atoms with Crippen LogP contribution >= 0.6 is 0 Å². The Morgan fingerprint density at radius 3 is 2.39 bits per heavy atom. The van der Waals surface area contributed by atoms with Crippen molar-refractivity contribution in [2.24, 2.45) is 5.41 Å². The van der Waals surface area contributed by atoms with Gasteiger partial charge in [0.2, 0.25) is 0 Å². The number of carbonyl (C=O) groups is 1. The van der Waals surface area contributed by atoms with Gasteiger partial charge in [0.05, 0.1) is 5.41 Å². The van der Waals surface area contributed by atoms with Crippen LogP contribution < -0.4 is 10.5 Å². The summed E-state index contributed by atoms with van der Waals surface area (Å²) in [6.45, 7) is 9.76. The van der Waals surface area contributed by atoms with E-state index in [1.165, 1.54) is 0 Å². The van der Waals surface area contributed by atoms with Crippen LogP contribution in [-0.4, -0.2) is 29.5 Å². The van der Waals surface area contributed by atoms with E-state index in [4.69, 9.17) is 10.5 Å². The fourth-order valence-electron chi connectivity index (χ4n) is 3.41. The van der Waals surface area contributed by atoms with Gasteiger partial charge in [-0.3, -0.25) is 9.69 Å². The van der Waals surface area contributed by atoms with Gasteiger partial charge >= 0.3 is 5.97 Å². The summed E-state index contributed by atoms with van der Waals surface area (Å²) in [5, 5.41) is 0. The summed E-state index contributed by atoms with van der Waals surface area (Å²) in [5.74, 6) is 0.452. The molecule has 0 aliphatic heterocycles. The number of rotatable bonds is 7. The highest BCUT2D eigenvalue weighted by atomic mass is 16.5. The molecular weight excluding hydrogens is 288 g/mol. The lowest BCUT2D eigenvalue weighted by atomic mass is 9.66. The molecule has 1 aromatic carbocycles. The predicted molar refractivity (Wildman–Crippen MR) is 94.4 cm³/mol. The van der Waals surface area contributed by atoms with Crippen molar-refractivity contribution in [3.8, 4) is 5.75 Å². The van der Waals surface area contributed by atoms with E-state index in [1.807, 2.05) is 6.07 Å². The molecule has 128 valence electrons. The van der Waals surface area contributed by atoms with E-state index in [-0.39, 0.29) is 11.4 Å². The number of benzene rings is 1. The zero-order chi connectivity index (χ0) is 17.0. The van der Waals surface area contributed by atoms with Crippen molar-refractivity contribution in [1.82, 2.24) is 4.90 Å². The number of esters is 1. The first-order chi connectivity index (χ1) is 10.8. The first-order valence-corrected chi connectivity index (χ1v) is 8.68. The quantitative estimate of drug-likeness (QED) is 0.471. The monoisotopic (exact) mass is 318 g/mol. The molecule has 0 spiro atoms. The van der Waals surface area contributed by atoms with E-state index in [0.29, 0.717) is 23.5 Å². The standard InChI is InChI=1S/C19H30N2O2/c1-14(2)21(15(3)4)12-11-19(9-6-10-19)18(22)23-17-8-5-7-16(20)13-17/h5,7-8,13-15H,6,9-12,20H2,1-4H3. The molecule has 0 bridgehead atoms. The third kappa shape index (κ3) is 4.25. The summed E-state index contributed by atoms with van der Waals surface area (Å²) in [5.41, 5.74) is 6.06. The molecule has 1 saturated carbocycles. The lowest BCUT2D eigenvalue weighted by molar-refractivity contribution is -0.152. The van der Waals surface area contributed by atoms with Crippen molar-refractivity contribution in [3.05, 3.63) is 24.3 Å². The average Bonchev–Trinajstić information content (AvgIpc) is 2.40. The lowest BCUT2D eigenvalue weighted by Gasteiger charge is -2.41. The smallest absolute Gasteiger partial charge is 0.317 e. The van der Waals surface area contributed by atoms with Crippen molar-refractivity contribution in [2.45, 2.75) is 65.5 Å². The number of hydrogen-bond acceptors (Lipinski definition) is 4. The molecule has 0 unspecified atom stereocenters. The third-order valence-electron chi connectivity index (χ3n) is 4.99. The van der Waals surface area contributed by atoms with Gasteiger partial charge in [0.15, 0.2) is 0 Å². The summed E-state index contributed by atoms with van der Waals surface area (Å²) >= 11 is 0. The largest absolute Gasteiger partial charge is 0.426 e. The van der Waals surface area contributed by atoms with Crippen LogP contribution in [0.3, 0.4) is 0 Å². The van der Waals surface area contributed by atoms with Crippen molar-refractivity contribution < 1.29 is 9.53 Å². The first-order valence-electron chi connectivity index (χ1n) is 8.68. The molecule has 23 heavy (non-hydrogen) atoms. The second-order valence-corrected chi connectivity index (χ2v) is 7.27. The van der Waals surface area contributed by atoms with E-state index >= 15 is 0 Å². The van der Waals surface area contributed by atoms with Crippen LogP contribution in [0.25, 0.3) is 0 Å². The van der Waals surface area contributed by atoms with E-state index in [1.54, 1.807) is 18.2 Å². The molecule has 0 radical (unpaired) electrons. The summed E-state index contributed by atoms with van der Waals surface area (Å²) < 4.78 is 5.62. The summed E-state index contributed by atoms with van der Waals surface area (Å²) in [6, 6.07) is 8.06. The van der Waals surface area contributed by atoms with Crippen LogP contribution in [0.5, 0.6) is 5.75 Å². The molecule has 0 atom stereocenters. The molecule has 4 heteroatoms. The molecule has 2 N–H and O–H groups in total. The second kappa shape index (κ2) is 7.35. The van der Waals surface area contributed by atoms with Gasteiger partial charge in [-0.1, -0.05) is 12.5 Å². The Hall–Kier alpha value is -1.55. The van der Waals surface area contributed by atoms with E-state index in [9.17, 15) is 4.79 Å². The molecule has 2 rings (SSSR count). The Morgan fingerprint density at radius 1 is 1.26 bits per heavy atom. The zero-order valence-electron chi connectivity index (χ0n) is 14.8. The average molecular weight is 318 g/mol. The van der Waals surface area contributed by atoms with Gasteiger partial charge in [-0.05, 0) is 65.6 Å². The minimum absolute atomic E-state index is 0.0955. The number of carbonyl (C=O) groups excluding carboxylic acids is 1. The van der Waals surface area contributed by atoms with Gasteiger partial charge < -0.3 is 10.5 Å². The molecule has 0 heterocycles. The summed E-state index contributed by atoms with van der Waals surface area (Å²) in [4.78, 5) is 15.1. The molecule has 4 nitrogen and oxygen atoms in total. The highest BCUT2D eigenvalue weighted by Gasteiger charge is 2.45. The second-order valence-electron chi connectivity index (χ2n) is 7.27. The van der Waals surface area contributed by atoms with E-state index in [0.717, 1.165) is 32.2 Å². The third-order valence-corrected chi connectivity index (χ3v) is 4.99. The number of hydrogen-bond donors (Lipinski definition) is 1. The highest BCUT2D eigenvalue weighted by molar-refractivity contribution is 5.80. The summed E-state index contributed by atoms with van der Waals surface area (Å²) in [6.07, 6.45) is 3.83. The molecule has 1 aromatic rings. The normalized spacial score (nSPS) is 16.7. The highest BCUT2D eigenvalue weighted by Crippen LogP contribution is 2.45. The van der Waals surface area contributed by atoms with Crippen molar-refractivity contribution >= 4 is 11.7 Å². The van der Waals surface area contributed by atoms with Crippen LogP contribution in [0, 0.1) is 5.41 Å². The minimum Gasteiger partial charge on any atom is -0.426 e. The Labute approximate surface area is 140 Å². The topological polar surface area (TPSA) is 55.6 Å². The van der Waals surface area contributed by atoms with Gasteiger partial charge in [0, 0.05) is 23.8 Å². The van der Waals surface area contributed by atoms with Gasteiger partial charge in [-0.2, -0.15) is 0 Å². The number of nitrogens with zero attached hydrogens (tertiary/aromatic N) is 1. The maximum absolute atomic E-state index is 12.7. The Morgan fingerprint density at radius 2 is 1.91 bits per heavy atom. The van der Waals surface area contributed by atoms with Gasteiger partial charge in [0.25, 0.3) is 0 Å². The first kappa shape index (κ1) is 17.8. The van der Waals surface area contributed by atoms with Crippen molar-refractivity contribution in [2.75, 3.05) is 12.3 Å². The Kier molecular flexibility index (Phi) is 5.69. The van der Waals surface area contributed by atoms with Crippen LogP contribution in [0.2, 0.25) is 0 Å². The lowest BCUT2D eigenvalue weighted by Crippen LogP contribution is -2.46. The molecule has 0 saturated heterocycles. The minimum atomic E-state index is -0.313. The van der Waals surface area contributed by atoms with Crippen LogP contribution in [0.15, 0.2) is 24.3 Å². The number of nitrogens with two attached hydrogens (primary N) is 1. The molecule has 0 amide bonds. The molecule has 1 aliphatic rings.